The zero-order chi connectivity index (χ0) is 62.6. The number of rotatable bonds is 17. The molecule has 1 aliphatic rings. The van der Waals surface area contributed by atoms with Gasteiger partial charge in [-0.05, 0) is 81.8 Å². The average molecular weight is 1220 g/mol. The van der Waals surface area contributed by atoms with Crippen LogP contribution >= 0.6 is 21.6 Å². The van der Waals surface area contributed by atoms with Gasteiger partial charge in [-0.2, -0.15) is 13.2 Å². The van der Waals surface area contributed by atoms with Crippen molar-refractivity contribution in [2.24, 2.45) is 27.9 Å². The molecule has 0 spiro atoms. The van der Waals surface area contributed by atoms with Crippen LogP contribution in [-0.4, -0.2) is 168 Å². The van der Waals surface area contributed by atoms with Gasteiger partial charge in [0, 0.05) is 47.0 Å². The highest BCUT2D eigenvalue weighted by molar-refractivity contribution is 8.77. The molecule has 10 atom stereocenters. The number of nitrogens with two attached hydrogens (primary N) is 4. The Labute approximate surface area is 487 Å². The second kappa shape index (κ2) is 31.5. The fraction of sp³-hybridized carbons (Fsp3) is 0.434. The smallest absolute Gasteiger partial charge is 0.490 e. The van der Waals surface area contributed by atoms with Gasteiger partial charge in [-0.25, -0.2) is 4.79 Å². The van der Waals surface area contributed by atoms with E-state index in [1.807, 2.05) is 6.07 Å². The van der Waals surface area contributed by atoms with Crippen LogP contribution in [0.25, 0.3) is 10.9 Å². The summed E-state index contributed by atoms with van der Waals surface area (Å²) in [7, 11) is 1.92. The van der Waals surface area contributed by atoms with Gasteiger partial charge in [0.2, 0.25) is 47.3 Å². The van der Waals surface area contributed by atoms with Gasteiger partial charge in [-0.15, -0.1) is 0 Å². The Morgan fingerprint density at radius 2 is 1.35 bits per heavy atom. The molecule has 8 amide bonds. The summed E-state index contributed by atoms with van der Waals surface area (Å²) >= 11 is 0. The minimum absolute atomic E-state index is 0.00282. The number of carbonyl (C=O) groups excluding carboxylic acids is 8. The minimum atomic E-state index is -5.08. The van der Waals surface area contributed by atoms with Crippen LogP contribution in [0.5, 0.6) is 5.75 Å². The van der Waals surface area contributed by atoms with Gasteiger partial charge in [0.15, 0.2) is 5.96 Å². The number of H-pyrrole nitrogens is 1. The van der Waals surface area contributed by atoms with E-state index in [0.29, 0.717) is 22.0 Å². The molecule has 1 fully saturated rings. The number of benzene rings is 3. The third kappa shape index (κ3) is 21.2. The highest BCUT2D eigenvalue weighted by atomic mass is 33.1. The minimum Gasteiger partial charge on any atom is -0.508 e. The molecule has 26 nitrogen and oxygen atoms in total. The third-order valence-electron chi connectivity index (χ3n) is 12.7. The molecule has 1 aliphatic heterocycles. The van der Waals surface area contributed by atoms with Gasteiger partial charge < -0.3 is 85.6 Å². The molecule has 84 heavy (non-hydrogen) atoms. The molecule has 31 heteroatoms. The van der Waals surface area contributed by atoms with Crippen LogP contribution in [-0.2, 0) is 62.4 Å². The molecule has 0 saturated carbocycles. The number of primary amides is 1. The van der Waals surface area contributed by atoms with Gasteiger partial charge >= 0.3 is 12.1 Å². The Kier molecular flexibility index (Phi) is 25.6. The number of phenolic OH excluding ortho intramolecular Hbond substituents is 1. The number of carboxylic acids is 1. The number of hydrogen-bond donors (Lipinski definition) is 16. The van der Waals surface area contributed by atoms with Gasteiger partial charge in [-0.3, -0.25) is 43.3 Å². The summed E-state index contributed by atoms with van der Waals surface area (Å²) in [6, 6.07) is 9.79. The molecular weight excluding hydrogens is 1150 g/mol. The lowest BCUT2D eigenvalue weighted by Crippen LogP contribution is -2.65. The van der Waals surface area contributed by atoms with Crippen LogP contribution in [0.4, 0.5) is 13.2 Å². The number of fused-ring (bicyclic) bond motifs is 1. The number of halogens is 3. The van der Waals surface area contributed by atoms with Crippen LogP contribution < -0.4 is 60.2 Å². The number of carboxylic acid groups (broad SMARTS) is 1. The maximum Gasteiger partial charge on any atom is 0.490 e. The molecule has 0 bridgehead atoms. The number of aromatic amines is 1. The monoisotopic (exact) mass is 1220 g/mol. The maximum atomic E-state index is 14.9. The highest BCUT2D eigenvalue weighted by Gasteiger charge is 2.43. The first kappa shape index (κ1) is 68.4. The summed E-state index contributed by atoms with van der Waals surface area (Å²) < 4.78 is 30.3. The van der Waals surface area contributed by atoms with Crippen molar-refractivity contribution in [2.45, 2.75) is 131 Å². The predicted molar refractivity (Wildman–Crippen MR) is 306 cm³/mol. The molecule has 0 aliphatic carbocycles. The van der Waals surface area contributed by atoms with Gasteiger partial charge in [0.05, 0.1) is 18.2 Å². The number of nitrogens with zero attached hydrogens (tertiary/aromatic N) is 1. The fourth-order valence-electron chi connectivity index (χ4n) is 8.23. The number of carbonyl (C=O) groups is 9. The highest BCUT2D eigenvalue weighted by Crippen LogP contribution is 2.39. The summed E-state index contributed by atoms with van der Waals surface area (Å²) in [5.41, 5.74) is 25.5. The van der Waals surface area contributed by atoms with Crippen LogP contribution in [0.1, 0.15) is 57.2 Å². The van der Waals surface area contributed by atoms with E-state index < -0.39 is 125 Å². The van der Waals surface area contributed by atoms with E-state index in [0.717, 1.165) is 27.2 Å². The van der Waals surface area contributed by atoms with Gasteiger partial charge in [0.1, 0.15) is 48.0 Å². The number of aliphatic carboxylic acids is 1. The number of aliphatic imine (C=N–C) groups is 1. The molecule has 20 N–H and O–H groups in total. The maximum absolute atomic E-state index is 14.9. The quantitative estimate of drug-likeness (QED) is 0.0254. The SMILES string of the molecule is C[C@@H](O)C1NC(=O)[C@H](CCCN=C(N)N)NC(=O)[C@@H](Cc2c[nH]c3ccccc23)NC(=O)C(Cc2ccc(O)cc2)NC(=O)[C@@H](NC(=O)[C@H](N)Cc2ccccc2)CSSC(C)(C)C(C(=O)N[C@H](C(N)=O)[C@@H](C)O)NC1=O.O=C(O)C(F)(F)F. The van der Waals surface area contributed by atoms with E-state index in [2.05, 4.69) is 47.2 Å². The Morgan fingerprint density at radius 3 is 1.93 bits per heavy atom. The number of aliphatic hydroxyl groups is 2. The number of nitrogens with one attached hydrogen (secondary N) is 8. The van der Waals surface area contributed by atoms with Crippen LogP contribution in [0, 0.1) is 0 Å². The fourth-order valence-corrected chi connectivity index (χ4v) is 11.0. The van der Waals surface area contributed by atoms with Crippen molar-refractivity contribution in [1.29, 1.82) is 0 Å². The normalized spacial score (nSPS) is 21.6. The second-order valence-corrected chi connectivity index (χ2v) is 23.0. The van der Waals surface area contributed by atoms with E-state index in [1.165, 1.54) is 52.0 Å². The summed E-state index contributed by atoms with van der Waals surface area (Å²) in [5, 5.41) is 57.8. The number of aromatic hydroxyl groups is 1. The Bertz CT molecular complexity index is 2970. The molecule has 0 radical (unpaired) electrons. The van der Waals surface area contributed by atoms with E-state index in [9.17, 15) is 66.8 Å². The number of phenols is 1. The first-order valence-electron chi connectivity index (χ1n) is 25.9. The molecule has 1 saturated heterocycles. The molecule has 4 aromatic rings. The van der Waals surface area contributed by atoms with Gasteiger partial charge in [0.25, 0.3) is 0 Å². The van der Waals surface area contributed by atoms with Crippen molar-refractivity contribution in [3.8, 4) is 5.75 Å². The standard InChI is InChI=1S/C51H69N13O11S2.C2HF3O2/c1-26(65)39(42(53)68)62-49(75)41-51(3,4)77-76-25-38(61-43(69)33(52)21-28-11-6-5-7-12-28)47(73)59-36(22-29-16-18-31(67)19-17-29)45(71)60-37(23-30-24-57-34-14-9-8-13-32(30)34)46(72)58-35(15-10-20-56-50(54)55)44(70)63-40(27(2)66)48(74)64-41;3-2(4,5)1(6)7/h5-9,11-14,16-19,24,26-27,33,35-41,57,65-67H,10,15,20-23,25,52H2,1-4H3,(H2,53,68)(H,58,72)(H,59,73)(H,60,71)(H,61,69)(H,62,75)(H,63,70)(H,64,74)(H4,54,55,56);(H,6,7)/t26-,27-,33-,35+,36?,37-,38+,39+,40?,41?;/m1./s1. The molecule has 5 rings (SSSR count). The topological polar surface area (TPSA) is 451 Å². The number of amides is 8. The Hall–Kier alpha value is -8.13. The van der Waals surface area contributed by atoms with Crippen molar-refractivity contribution in [2.75, 3.05) is 12.3 Å². The predicted octanol–water partition coefficient (Wildman–Crippen LogP) is -1.27. The summed E-state index contributed by atoms with van der Waals surface area (Å²) in [6.45, 7) is 5.45. The zero-order valence-electron chi connectivity index (χ0n) is 46.0. The van der Waals surface area contributed by atoms with E-state index in [4.69, 9.17) is 32.8 Å². The van der Waals surface area contributed by atoms with Crippen molar-refractivity contribution in [3.63, 3.8) is 0 Å². The van der Waals surface area contributed by atoms with Crippen LogP contribution in [0.15, 0.2) is 90.1 Å². The summed E-state index contributed by atoms with van der Waals surface area (Å²) in [6.07, 6.45) is -6.91. The first-order chi connectivity index (χ1) is 39.4. The number of hydrogen-bond acceptors (Lipinski definition) is 16. The van der Waals surface area contributed by atoms with E-state index in [-0.39, 0.29) is 56.1 Å². The molecule has 3 unspecified atom stereocenters. The number of aliphatic hydroxyl groups excluding tert-OH is 2. The van der Waals surface area contributed by atoms with Crippen molar-refractivity contribution >= 4 is 91.7 Å². The molecule has 2 heterocycles. The van der Waals surface area contributed by atoms with Crippen LogP contribution in [0.2, 0.25) is 0 Å². The number of alkyl halides is 3. The van der Waals surface area contributed by atoms with Crippen molar-refractivity contribution in [3.05, 3.63) is 102 Å². The lowest BCUT2D eigenvalue weighted by atomic mass is 9.99. The molecule has 3 aromatic carbocycles. The molecule has 1 aromatic heterocycles. The van der Waals surface area contributed by atoms with E-state index >= 15 is 0 Å². The number of guanidine groups is 1. The summed E-state index contributed by atoms with van der Waals surface area (Å²) in [4.78, 5) is 130. The summed E-state index contributed by atoms with van der Waals surface area (Å²) in [5.74, 6) is -10.9. The number of para-hydroxylation sites is 1. The van der Waals surface area contributed by atoms with Crippen LogP contribution in [0.3, 0.4) is 0 Å². The molecular formula is C53H70F3N13O13S2. The Balaban J connectivity index is 0.00000203. The average Bonchev–Trinajstić information content (AvgIpc) is 3.06. The lowest BCUT2D eigenvalue weighted by Gasteiger charge is -2.36. The van der Waals surface area contributed by atoms with Gasteiger partial charge in [-0.1, -0.05) is 82.3 Å². The first-order valence-corrected chi connectivity index (χ1v) is 28.3. The second-order valence-electron chi connectivity index (χ2n) is 20.0. The lowest BCUT2D eigenvalue weighted by molar-refractivity contribution is -0.192. The van der Waals surface area contributed by atoms with Crippen molar-refractivity contribution in [1.82, 2.24) is 42.2 Å². The largest absolute Gasteiger partial charge is 0.508 e. The van der Waals surface area contributed by atoms with Crippen molar-refractivity contribution < 1.29 is 76.7 Å². The molecule has 458 valence electrons. The third-order valence-corrected chi connectivity index (χ3v) is 16.0. The Morgan fingerprint density at radius 1 is 0.774 bits per heavy atom. The van der Waals surface area contributed by atoms with E-state index in [1.54, 1.807) is 54.7 Å². The number of aromatic nitrogens is 1. The zero-order valence-corrected chi connectivity index (χ0v) is 47.6.